The first-order valence-electron chi connectivity index (χ1n) is 7.64. The van der Waals surface area contributed by atoms with Gasteiger partial charge in [0.05, 0.1) is 6.21 Å². The third-order valence-electron chi connectivity index (χ3n) is 3.60. The molecule has 29 heavy (non-hydrogen) atoms. The van der Waals surface area contributed by atoms with Gasteiger partial charge in [-0.25, -0.2) is 5.43 Å². The van der Waals surface area contributed by atoms with Gasteiger partial charge in [0.15, 0.2) is 5.78 Å². The summed E-state index contributed by atoms with van der Waals surface area (Å²) in [6, 6.07) is 8.84. The molecule has 1 heterocycles. The maximum Gasteiger partial charge on any atom is 0.460 e. The number of hydrogen-bond acceptors (Lipinski definition) is 4. The number of nitrogens with zero attached hydrogens (tertiary/aromatic N) is 1. The van der Waals surface area contributed by atoms with Crippen molar-refractivity contribution < 1.29 is 44.7 Å². The molecule has 0 aliphatic heterocycles. The van der Waals surface area contributed by atoms with Crippen LogP contribution in [0.2, 0.25) is 0 Å². The van der Waals surface area contributed by atoms with Crippen LogP contribution >= 0.6 is 0 Å². The summed E-state index contributed by atoms with van der Waals surface area (Å²) in [4.78, 5) is 22.3. The van der Waals surface area contributed by atoms with E-state index in [2.05, 4.69) is 5.10 Å². The molecule has 2 aromatic rings. The molecule has 0 atom stereocenters. The van der Waals surface area contributed by atoms with Crippen molar-refractivity contribution in [3.05, 3.63) is 47.7 Å². The van der Waals surface area contributed by atoms with Gasteiger partial charge in [-0.05, 0) is 19.1 Å². The van der Waals surface area contributed by atoms with Gasteiger partial charge in [0.1, 0.15) is 11.5 Å². The molecule has 0 aliphatic rings. The average Bonchev–Trinajstić information content (AvgIpc) is 3.09. The molecule has 1 aromatic heterocycles. The molecule has 12 heteroatoms. The van der Waals surface area contributed by atoms with E-state index in [1.54, 1.807) is 12.1 Å². The molecule has 0 saturated heterocycles. The minimum absolute atomic E-state index is 0.123. The van der Waals surface area contributed by atoms with E-state index in [0.29, 0.717) is 17.3 Å². The van der Waals surface area contributed by atoms with E-state index in [-0.39, 0.29) is 17.3 Å². The van der Waals surface area contributed by atoms with E-state index >= 15 is 0 Å². The van der Waals surface area contributed by atoms with E-state index in [0.717, 1.165) is 5.43 Å². The molecule has 0 radical (unpaired) electrons. The van der Waals surface area contributed by atoms with Crippen molar-refractivity contribution in [2.75, 3.05) is 0 Å². The Labute approximate surface area is 158 Å². The quantitative estimate of drug-likeness (QED) is 0.323. The molecule has 2 rings (SSSR count). The van der Waals surface area contributed by atoms with Crippen LogP contribution in [0.5, 0.6) is 0 Å². The number of alkyl halides is 7. The number of carbonyl (C=O) groups is 2. The number of amides is 1. The fraction of sp³-hybridized carbons (Fsp3) is 0.235. The lowest BCUT2D eigenvalue weighted by Crippen LogP contribution is -2.58. The first kappa shape index (κ1) is 22.1. The maximum atomic E-state index is 13.1. The Balaban J connectivity index is 2.08. The molecule has 0 saturated carbocycles. The number of furan rings is 1. The number of carbonyl (C=O) groups excluding carboxylic acids is 2. The van der Waals surface area contributed by atoms with E-state index < -0.39 is 23.9 Å². The van der Waals surface area contributed by atoms with Crippen molar-refractivity contribution in [1.29, 1.82) is 0 Å². The molecule has 156 valence electrons. The third kappa shape index (κ3) is 4.46. The number of rotatable bonds is 6. The molecule has 5 nitrogen and oxygen atoms in total. The molecule has 1 N–H and O–H groups in total. The number of nitrogens with one attached hydrogen (secondary N) is 1. The van der Waals surface area contributed by atoms with Crippen LogP contribution in [0.3, 0.4) is 0 Å². The largest absolute Gasteiger partial charge is 0.460 e. The van der Waals surface area contributed by atoms with Crippen molar-refractivity contribution in [2.45, 2.75) is 24.9 Å². The SMILES string of the molecule is CC(=O)c1ccc(-c2ccc(/C=N\NC(=O)C(F)(F)C(F)(F)C(F)(F)F)o2)cc1. The Morgan fingerprint density at radius 3 is 2.07 bits per heavy atom. The van der Waals surface area contributed by atoms with E-state index in [1.807, 2.05) is 0 Å². The van der Waals surface area contributed by atoms with Crippen LogP contribution in [0.4, 0.5) is 30.7 Å². The number of ketones is 1. The van der Waals surface area contributed by atoms with Crippen molar-refractivity contribution in [2.24, 2.45) is 5.10 Å². The molecule has 1 amide bonds. The molecular weight excluding hydrogens is 413 g/mol. The van der Waals surface area contributed by atoms with Crippen molar-refractivity contribution in [1.82, 2.24) is 5.43 Å². The lowest BCUT2D eigenvalue weighted by Gasteiger charge is -2.26. The highest BCUT2D eigenvalue weighted by Crippen LogP contribution is 2.46. The third-order valence-corrected chi connectivity index (χ3v) is 3.60. The van der Waals surface area contributed by atoms with E-state index in [1.165, 1.54) is 31.2 Å². The smallest absolute Gasteiger partial charge is 0.455 e. The highest BCUT2D eigenvalue weighted by molar-refractivity contribution is 5.94. The average molecular weight is 424 g/mol. The highest BCUT2D eigenvalue weighted by atomic mass is 19.4. The number of hydrazone groups is 1. The molecule has 0 fully saturated rings. The summed E-state index contributed by atoms with van der Waals surface area (Å²) in [5.41, 5.74) is 1.89. The fourth-order valence-electron chi connectivity index (χ4n) is 1.99. The number of halogens is 7. The second kappa shape index (κ2) is 7.68. The molecule has 1 aromatic carbocycles. The van der Waals surface area contributed by atoms with Crippen LogP contribution in [0.25, 0.3) is 11.3 Å². The lowest BCUT2D eigenvalue weighted by atomic mass is 10.1. The Kier molecular flexibility index (Phi) is 5.86. The summed E-state index contributed by atoms with van der Waals surface area (Å²) in [5, 5.41) is 2.90. The summed E-state index contributed by atoms with van der Waals surface area (Å²) < 4.78 is 93.1. The minimum atomic E-state index is -6.63. The first-order chi connectivity index (χ1) is 13.3. The zero-order chi connectivity index (χ0) is 22.0. The number of hydrogen-bond donors (Lipinski definition) is 1. The van der Waals surface area contributed by atoms with Gasteiger partial charge in [0.25, 0.3) is 0 Å². The predicted octanol–water partition coefficient (Wildman–Crippen LogP) is 4.43. The Hall–Kier alpha value is -3.18. The highest BCUT2D eigenvalue weighted by Gasteiger charge is 2.76. The lowest BCUT2D eigenvalue weighted by molar-refractivity contribution is -0.344. The van der Waals surface area contributed by atoms with Crippen LogP contribution in [-0.4, -0.2) is 35.9 Å². The standard InChI is InChI=1S/C17H11F7N2O3/c1-9(27)10-2-4-11(5-3-10)13-7-6-12(29-13)8-25-26-14(28)15(18,19)16(20,21)17(22,23)24/h2-8H,1H3,(H,26,28)/b25-8-. The Morgan fingerprint density at radius 1 is 0.966 bits per heavy atom. The van der Waals surface area contributed by atoms with Gasteiger partial charge in [-0.3, -0.25) is 9.59 Å². The van der Waals surface area contributed by atoms with Crippen molar-refractivity contribution >= 4 is 17.9 Å². The van der Waals surface area contributed by atoms with E-state index in [4.69, 9.17) is 4.42 Å². The van der Waals surface area contributed by atoms with Crippen LogP contribution in [-0.2, 0) is 4.79 Å². The summed E-state index contributed by atoms with van der Waals surface area (Å²) >= 11 is 0. The summed E-state index contributed by atoms with van der Waals surface area (Å²) in [6.45, 7) is 1.37. The van der Waals surface area contributed by atoms with Gasteiger partial charge >= 0.3 is 23.9 Å². The second-order valence-electron chi connectivity index (χ2n) is 5.68. The van der Waals surface area contributed by atoms with Crippen LogP contribution in [0, 0.1) is 0 Å². The number of benzene rings is 1. The van der Waals surface area contributed by atoms with Gasteiger partial charge in [-0.1, -0.05) is 24.3 Å². The number of Topliss-reactive ketones (excluding diaryl/α,β-unsaturated/α-hetero) is 1. The predicted molar refractivity (Wildman–Crippen MR) is 85.8 cm³/mol. The van der Waals surface area contributed by atoms with Crippen LogP contribution in [0.15, 0.2) is 45.9 Å². The maximum absolute atomic E-state index is 13.1. The molecular formula is C17H11F7N2O3. The monoisotopic (exact) mass is 424 g/mol. The molecule has 0 bridgehead atoms. The van der Waals surface area contributed by atoms with Crippen LogP contribution < -0.4 is 5.43 Å². The van der Waals surface area contributed by atoms with Gasteiger partial charge < -0.3 is 4.42 Å². The zero-order valence-electron chi connectivity index (χ0n) is 14.4. The van der Waals surface area contributed by atoms with Gasteiger partial charge in [-0.2, -0.15) is 35.8 Å². The topological polar surface area (TPSA) is 71.7 Å². The molecule has 0 unspecified atom stereocenters. The van der Waals surface area contributed by atoms with E-state index in [9.17, 15) is 40.3 Å². The summed E-state index contributed by atoms with van der Waals surface area (Å²) in [7, 11) is 0. The van der Waals surface area contributed by atoms with Crippen LogP contribution in [0.1, 0.15) is 23.0 Å². The van der Waals surface area contributed by atoms with Gasteiger partial charge in [0, 0.05) is 11.1 Å². The summed E-state index contributed by atoms with van der Waals surface area (Å²) in [6.07, 6.45) is -6.00. The van der Waals surface area contributed by atoms with Crippen molar-refractivity contribution in [3.63, 3.8) is 0 Å². The Morgan fingerprint density at radius 2 is 1.55 bits per heavy atom. The normalized spacial score (nSPS) is 13.0. The van der Waals surface area contributed by atoms with Crippen molar-refractivity contribution in [3.8, 4) is 11.3 Å². The fourth-order valence-corrected chi connectivity index (χ4v) is 1.99. The van der Waals surface area contributed by atoms with Gasteiger partial charge in [0.2, 0.25) is 0 Å². The zero-order valence-corrected chi connectivity index (χ0v) is 14.4. The molecule has 0 spiro atoms. The first-order valence-corrected chi connectivity index (χ1v) is 7.64. The minimum Gasteiger partial charge on any atom is -0.455 e. The second-order valence-corrected chi connectivity index (χ2v) is 5.68. The summed E-state index contributed by atoms with van der Waals surface area (Å²) in [5.74, 6) is -15.6. The van der Waals surface area contributed by atoms with Gasteiger partial charge in [-0.15, -0.1) is 0 Å². The Bertz CT molecular complexity index is 931. The molecule has 0 aliphatic carbocycles.